The average Bonchev–Trinajstić information content (AvgIpc) is 3.07. The first-order valence-corrected chi connectivity index (χ1v) is 17.7. The van der Waals surface area contributed by atoms with Gasteiger partial charge in [-0.2, -0.15) is 0 Å². The van der Waals surface area contributed by atoms with E-state index in [1.54, 1.807) is 0 Å². The third kappa shape index (κ3) is 12.8. The first kappa shape index (κ1) is 38.4. The number of rotatable bonds is 24. The Morgan fingerprint density at radius 2 is 1.04 bits per heavy atom. The highest BCUT2D eigenvalue weighted by Gasteiger charge is 2.22. The van der Waals surface area contributed by atoms with Gasteiger partial charge in [-0.05, 0) is 43.9 Å². The van der Waals surface area contributed by atoms with Crippen molar-refractivity contribution in [3.63, 3.8) is 0 Å². The molecule has 2 unspecified atom stereocenters. The third-order valence-electron chi connectivity index (χ3n) is 7.67. The smallest absolute Gasteiger partial charge is 0.306 e. The number of hydrogen-bond acceptors (Lipinski definition) is 8. The molecule has 3 rings (SSSR count). The topological polar surface area (TPSA) is 89.5 Å². The van der Waals surface area contributed by atoms with Crippen LogP contribution in [0, 0.1) is 0 Å². The van der Waals surface area contributed by atoms with Gasteiger partial charge in [0.2, 0.25) is 0 Å². The van der Waals surface area contributed by atoms with E-state index in [0.717, 1.165) is 72.9 Å². The van der Waals surface area contributed by atoms with E-state index in [0.29, 0.717) is 42.6 Å². The highest BCUT2D eigenvalue weighted by Crippen LogP contribution is 2.43. The van der Waals surface area contributed by atoms with Crippen molar-refractivity contribution in [1.29, 1.82) is 0 Å². The fourth-order valence-corrected chi connectivity index (χ4v) is 5.19. The lowest BCUT2D eigenvalue weighted by Gasteiger charge is -2.23. The Balaban J connectivity index is 1.92. The molecule has 3 aromatic rings. The molecule has 0 aliphatic rings. The van der Waals surface area contributed by atoms with Gasteiger partial charge < -0.3 is 28.4 Å². The van der Waals surface area contributed by atoms with Crippen LogP contribution in [-0.4, -0.2) is 63.8 Å². The van der Waals surface area contributed by atoms with Crippen molar-refractivity contribution in [2.75, 3.05) is 39.6 Å². The Morgan fingerprint density at radius 3 is 1.51 bits per heavy atom. The fourth-order valence-electron chi connectivity index (χ4n) is 5.02. The Kier molecular flexibility index (Phi) is 17.7. The monoisotopic (exact) mass is 672 g/mol. The standard InChI is InChI=1S/C38H53ClO8/c1-5-9-17-35(40)46-29(24-42-21-11-7-3)26-44-37-31-15-13-14-16-32(31)38(34-23-28(39)19-20-33(34)37)45-27-30(25-43-22-12-8-4)47-36(41)18-10-6-2/h13-16,19-20,23,29-30H,5-12,17-18,21-22,24-27H2,1-4H3. The van der Waals surface area contributed by atoms with Crippen LogP contribution in [0.4, 0.5) is 0 Å². The molecule has 0 saturated heterocycles. The van der Waals surface area contributed by atoms with Gasteiger partial charge in [0, 0.05) is 52.6 Å². The molecule has 3 aromatic carbocycles. The van der Waals surface area contributed by atoms with Gasteiger partial charge in [-0.15, -0.1) is 0 Å². The average molecular weight is 673 g/mol. The molecular weight excluding hydrogens is 620 g/mol. The molecule has 0 spiro atoms. The van der Waals surface area contributed by atoms with Crippen molar-refractivity contribution in [3.05, 3.63) is 47.5 Å². The summed E-state index contributed by atoms with van der Waals surface area (Å²) in [6.45, 7) is 10.2. The van der Waals surface area contributed by atoms with Gasteiger partial charge in [0.25, 0.3) is 0 Å². The van der Waals surface area contributed by atoms with E-state index in [1.807, 2.05) is 56.3 Å². The van der Waals surface area contributed by atoms with Gasteiger partial charge in [-0.1, -0.05) is 89.2 Å². The van der Waals surface area contributed by atoms with Crippen LogP contribution in [0.2, 0.25) is 5.02 Å². The maximum absolute atomic E-state index is 12.6. The van der Waals surface area contributed by atoms with Crippen LogP contribution in [-0.2, 0) is 28.5 Å². The second-order valence-electron chi connectivity index (χ2n) is 11.8. The lowest BCUT2D eigenvalue weighted by Crippen LogP contribution is -2.30. The van der Waals surface area contributed by atoms with Crippen LogP contribution in [0.5, 0.6) is 11.5 Å². The van der Waals surface area contributed by atoms with Crippen molar-refractivity contribution in [2.24, 2.45) is 0 Å². The Bertz CT molecular complexity index is 1380. The molecule has 0 saturated carbocycles. The summed E-state index contributed by atoms with van der Waals surface area (Å²) in [6.07, 6.45) is 6.81. The Labute approximate surface area is 285 Å². The molecule has 0 heterocycles. The molecule has 9 heteroatoms. The van der Waals surface area contributed by atoms with E-state index in [2.05, 4.69) is 13.8 Å². The predicted octanol–water partition coefficient (Wildman–Crippen LogP) is 9.24. The molecular formula is C38H53ClO8. The normalized spacial score (nSPS) is 12.6. The molecule has 0 aromatic heterocycles. The van der Waals surface area contributed by atoms with Gasteiger partial charge in [0.1, 0.15) is 24.7 Å². The summed E-state index contributed by atoms with van der Waals surface area (Å²) >= 11 is 6.52. The maximum atomic E-state index is 12.6. The van der Waals surface area contributed by atoms with E-state index in [1.165, 1.54) is 0 Å². The van der Waals surface area contributed by atoms with E-state index < -0.39 is 12.2 Å². The van der Waals surface area contributed by atoms with E-state index in [-0.39, 0.29) is 38.4 Å². The molecule has 0 bridgehead atoms. The summed E-state index contributed by atoms with van der Waals surface area (Å²) < 4.78 is 36.3. The van der Waals surface area contributed by atoms with Crippen LogP contribution in [0.25, 0.3) is 21.5 Å². The summed E-state index contributed by atoms with van der Waals surface area (Å²) in [5.74, 6) is 0.727. The highest BCUT2D eigenvalue weighted by atomic mass is 35.5. The molecule has 0 amide bonds. The van der Waals surface area contributed by atoms with Crippen molar-refractivity contribution < 1.29 is 38.0 Å². The predicted molar refractivity (Wildman–Crippen MR) is 188 cm³/mol. The first-order valence-electron chi connectivity index (χ1n) is 17.4. The number of benzene rings is 3. The lowest BCUT2D eigenvalue weighted by atomic mass is 10.0. The lowest BCUT2D eigenvalue weighted by molar-refractivity contribution is -0.155. The molecule has 0 radical (unpaired) electrons. The van der Waals surface area contributed by atoms with Crippen LogP contribution < -0.4 is 9.47 Å². The molecule has 0 fully saturated rings. The van der Waals surface area contributed by atoms with Crippen molar-refractivity contribution >= 4 is 45.1 Å². The Hall–Kier alpha value is -3.07. The van der Waals surface area contributed by atoms with Crippen molar-refractivity contribution in [1.82, 2.24) is 0 Å². The van der Waals surface area contributed by atoms with Crippen molar-refractivity contribution in [2.45, 2.75) is 104 Å². The number of carbonyl (C=O) groups is 2. The SMILES string of the molecule is CCCCOCC(COc1c2ccccc2c(OCC(COCCCC)OC(=O)CCCC)c2cc(Cl)ccc12)OC(=O)CCCC. The maximum Gasteiger partial charge on any atom is 0.306 e. The first-order chi connectivity index (χ1) is 22.9. The second-order valence-corrected chi connectivity index (χ2v) is 12.2. The third-order valence-corrected chi connectivity index (χ3v) is 7.91. The minimum atomic E-state index is -0.573. The highest BCUT2D eigenvalue weighted by molar-refractivity contribution is 6.31. The van der Waals surface area contributed by atoms with Gasteiger partial charge in [0.05, 0.1) is 13.2 Å². The van der Waals surface area contributed by atoms with E-state index in [9.17, 15) is 9.59 Å². The minimum Gasteiger partial charge on any atom is -0.488 e. The number of unbranched alkanes of at least 4 members (excludes halogenated alkanes) is 4. The summed E-state index contributed by atoms with van der Waals surface area (Å²) in [6, 6.07) is 13.4. The summed E-state index contributed by atoms with van der Waals surface area (Å²) in [7, 11) is 0. The summed E-state index contributed by atoms with van der Waals surface area (Å²) in [5.41, 5.74) is 0. The second kappa shape index (κ2) is 21.7. The fraction of sp³-hybridized carbons (Fsp3) is 0.579. The molecule has 0 aliphatic carbocycles. The quantitative estimate of drug-likeness (QED) is 0.0529. The van der Waals surface area contributed by atoms with E-state index in [4.69, 9.17) is 40.0 Å². The van der Waals surface area contributed by atoms with Crippen LogP contribution in [0.1, 0.15) is 91.9 Å². The number of esters is 2. The van der Waals surface area contributed by atoms with E-state index >= 15 is 0 Å². The minimum absolute atomic E-state index is 0.112. The molecule has 47 heavy (non-hydrogen) atoms. The number of fused-ring (bicyclic) bond motifs is 2. The molecule has 8 nitrogen and oxygen atoms in total. The summed E-state index contributed by atoms with van der Waals surface area (Å²) in [4.78, 5) is 25.1. The number of ether oxygens (including phenoxy) is 6. The van der Waals surface area contributed by atoms with Crippen LogP contribution >= 0.6 is 11.6 Å². The molecule has 0 N–H and O–H groups in total. The van der Waals surface area contributed by atoms with Gasteiger partial charge in [-0.25, -0.2) is 0 Å². The zero-order chi connectivity index (χ0) is 33.9. The van der Waals surface area contributed by atoms with Crippen molar-refractivity contribution in [3.8, 4) is 11.5 Å². The van der Waals surface area contributed by atoms with Gasteiger partial charge in [0.15, 0.2) is 12.2 Å². The zero-order valence-corrected chi connectivity index (χ0v) is 29.4. The van der Waals surface area contributed by atoms with Crippen LogP contribution in [0.3, 0.4) is 0 Å². The number of hydrogen-bond donors (Lipinski definition) is 0. The van der Waals surface area contributed by atoms with Gasteiger partial charge >= 0.3 is 11.9 Å². The largest absolute Gasteiger partial charge is 0.488 e. The molecule has 260 valence electrons. The number of carbonyl (C=O) groups excluding carboxylic acids is 2. The number of halogens is 1. The zero-order valence-electron chi connectivity index (χ0n) is 28.7. The van der Waals surface area contributed by atoms with Crippen LogP contribution in [0.15, 0.2) is 42.5 Å². The Morgan fingerprint density at radius 1 is 0.596 bits per heavy atom. The van der Waals surface area contributed by atoms with Gasteiger partial charge in [-0.3, -0.25) is 9.59 Å². The molecule has 2 atom stereocenters. The summed E-state index contributed by atoms with van der Waals surface area (Å²) in [5, 5.41) is 3.74. The molecule has 0 aliphatic heterocycles.